The maximum Gasteiger partial charge on any atom is 0.317 e. The molecule has 0 aliphatic carbocycles. The maximum atomic E-state index is 11.6. The molecule has 1 rings (SSSR count). The van der Waals surface area contributed by atoms with Crippen molar-refractivity contribution in [3.63, 3.8) is 0 Å². The molecule has 1 aromatic rings. The van der Waals surface area contributed by atoms with Crippen molar-refractivity contribution >= 4 is 12.0 Å². The Morgan fingerprint density at radius 3 is 2.83 bits per heavy atom. The summed E-state index contributed by atoms with van der Waals surface area (Å²) in [6.07, 6.45) is 4.53. The van der Waals surface area contributed by atoms with E-state index < -0.39 is 5.97 Å². The Kier molecular flexibility index (Phi) is 5.76. The molecule has 0 saturated heterocycles. The fourth-order valence-electron chi connectivity index (χ4n) is 1.46. The number of carboxylic acids is 1. The molecule has 2 N–H and O–H groups in total. The van der Waals surface area contributed by atoms with Crippen molar-refractivity contribution in [1.29, 1.82) is 0 Å². The molecule has 0 aliphatic heterocycles. The van der Waals surface area contributed by atoms with Crippen molar-refractivity contribution in [3.05, 3.63) is 24.2 Å². The maximum absolute atomic E-state index is 11.6. The van der Waals surface area contributed by atoms with Gasteiger partial charge in [0.25, 0.3) is 0 Å². The minimum atomic E-state index is -0.807. The van der Waals surface area contributed by atoms with Gasteiger partial charge in [0.05, 0.1) is 19.1 Å². The first-order chi connectivity index (χ1) is 8.59. The van der Waals surface area contributed by atoms with Crippen molar-refractivity contribution in [3.8, 4) is 0 Å². The summed E-state index contributed by atoms with van der Waals surface area (Å²) in [5.41, 5.74) is 0.929. The zero-order valence-electron chi connectivity index (χ0n) is 10.4. The Morgan fingerprint density at radius 2 is 2.22 bits per heavy atom. The molecule has 2 amide bonds. The Morgan fingerprint density at radius 1 is 1.44 bits per heavy atom. The van der Waals surface area contributed by atoms with Crippen molar-refractivity contribution in [2.45, 2.75) is 25.8 Å². The number of hydrogen-bond acceptors (Lipinski definition) is 3. The van der Waals surface area contributed by atoms with Crippen LogP contribution in [0, 0.1) is 0 Å². The van der Waals surface area contributed by atoms with Gasteiger partial charge in [-0.05, 0) is 18.9 Å². The molecule has 18 heavy (non-hydrogen) atoms. The second-order valence-electron chi connectivity index (χ2n) is 4.07. The number of unbranched alkanes of at least 4 members (excludes halogenated alkanes) is 1. The number of nitrogens with one attached hydrogen (secondary N) is 1. The first-order valence-corrected chi connectivity index (χ1v) is 5.81. The number of nitrogens with zero attached hydrogens (tertiary/aromatic N) is 1. The van der Waals surface area contributed by atoms with Gasteiger partial charge in [0, 0.05) is 25.6 Å². The first kappa shape index (κ1) is 14.1. The summed E-state index contributed by atoms with van der Waals surface area (Å²) in [5, 5.41) is 11.2. The molecule has 0 radical (unpaired) electrons. The molecule has 0 atom stereocenters. The van der Waals surface area contributed by atoms with Crippen LogP contribution in [0.4, 0.5) is 4.79 Å². The van der Waals surface area contributed by atoms with E-state index in [0.717, 1.165) is 5.56 Å². The van der Waals surface area contributed by atoms with E-state index in [4.69, 9.17) is 9.52 Å². The number of amides is 2. The van der Waals surface area contributed by atoms with Gasteiger partial charge in [0.15, 0.2) is 0 Å². The van der Waals surface area contributed by atoms with Gasteiger partial charge >= 0.3 is 12.0 Å². The number of carbonyl (C=O) groups is 2. The predicted octanol–water partition coefficient (Wildman–Crippen LogP) is 1.68. The molecule has 0 aliphatic rings. The van der Waals surface area contributed by atoms with Crippen LogP contribution >= 0.6 is 0 Å². The van der Waals surface area contributed by atoms with Crippen LogP contribution in [0.25, 0.3) is 0 Å². The van der Waals surface area contributed by atoms with Crippen molar-refractivity contribution in [1.82, 2.24) is 10.2 Å². The molecule has 100 valence electrons. The molecule has 6 heteroatoms. The molecule has 1 aromatic heterocycles. The molecule has 0 aromatic carbocycles. The lowest BCUT2D eigenvalue weighted by molar-refractivity contribution is -0.137. The zero-order valence-corrected chi connectivity index (χ0v) is 10.4. The summed E-state index contributed by atoms with van der Waals surface area (Å²) < 4.78 is 4.92. The summed E-state index contributed by atoms with van der Waals surface area (Å²) in [7, 11) is 1.69. The Labute approximate surface area is 106 Å². The number of furan rings is 1. The zero-order chi connectivity index (χ0) is 13.4. The first-order valence-electron chi connectivity index (χ1n) is 5.81. The van der Waals surface area contributed by atoms with Gasteiger partial charge in [-0.1, -0.05) is 0 Å². The fraction of sp³-hybridized carbons (Fsp3) is 0.500. The van der Waals surface area contributed by atoms with E-state index in [1.807, 2.05) is 0 Å². The minimum Gasteiger partial charge on any atom is -0.481 e. The van der Waals surface area contributed by atoms with Crippen LogP contribution in [0.5, 0.6) is 0 Å². The second kappa shape index (κ2) is 7.37. The van der Waals surface area contributed by atoms with E-state index in [2.05, 4.69) is 5.32 Å². The molecule has 1 heterocycles. The number of rotatable bonds is 7. The summed E-state index contributed by atoms with van der Waals surface area (Å²) in [6, 6.07) is 1.63. The Hall–Kier alpha value is -1.98. The fourth-order valence-corrected chi connectivity index (χ4v) is 1.46. The van der Waals surface area contributed by atoms with Crippen LogP contribution < -0.4 is 5.32 Å². The van der Waals surface area contributed by atoms with Crippen LogP contribution in [0.1, 0.15) is 24.8 Å². The average Bonchev–Trinajstić information content (AvgIpc) is 2.80. The Balaban J connectivity index is 2.14. The number of aliphatic carboxylic acids is 1. The molecular formula is C12H18N2O4. The largest absolute Gasteiger partial charge is 0.481 e. The lowest BCUT2D eigenvalue weighted by Crippen LogP contribution is -2.37. The van der Waals surface area contributed by atoms with Gasteiger partial charge in [-0.15, -0.1) is 0 Å². The minimum absolute atomic E-state index is 0.140. The van der Waals surface area contributed by atoms with E-state index in [9.17, 15) is 9.59 Å². The lowest BCUT2D eigenvalue weighted by Gasteiger charge is -2.16. The van der Waals surface area contributed by atoms with Crippen LogP contribution in [0.15, 0.2) is 23.0 Å². The standard InChI is InChI=1S/C12H18N2O4/c1-14(8-10-5-7-18-9-10)12(17)13-6-3-2-4-11(15)16/h5,7,9H,2-4,6,8H2,1H3,(H,13,17)(H,15,16). The highest BCUT2D eigenvalue weighted by Crippen LogP contribution is 2.03. The monoisotopic (exact) mass is 254 g/mol. The van der Waals surface area contributed by atoms with E-state index >= 15 is 0 Å². The second-order valence-corrected chi connectivity index (χ2v) is 4.07. The van der Waals surface area contributed by atoms with E-state index in [1.165, 1.54) is 0 Å². The van der Waals surface area contributed by atoms with Gasteiger partial charge in [0.1, 0.15) is 0 Å². The SMILES string of the molecule is CN(Cc1ccoc1)C(=O)NCCCCC(=O)O. The molecule has 0 fully saturated rings. The van der Waals surface area contributed by atoms with E-state index in [1.54, 1.807) is 30.5 Å². The van der Waals surface area contributed by atoms with Crippen molar-refractivity contribution in [2.75, 3.05) is 13.6 Å². The van der Waals surface area contributed by atoms with Gasteiger partial charge < -0.3 is 19.7 Å². The van der Waals surface area contributed by atoms with Crippen LogP contribution in [0.2, 0.25) is 0 Å². The lowest BCUT2D eigenvalue weighted by atomic mass is 10.2. The van der Waals surface area contributed by atoms with Crippen LogP contribution in [-0.2, 0) is 11.3 Å². The summed E-state index contributed by atoms with van der Waals surface area (Å²) in [4.78, 5) is 23.5. The number of carboxylic acid groups (broad SMARTS) is 1. The molecule has 0 bridgehead atoms. The smallest absolute Gasteiger partial charge is 0.317 e. The third-order valence-corrected chi connectivity index (χ3v) is 2.44. The highest BCUT2D eigenvalue weighted by atomic mass is 16.4. The third kappa shape index (κ3) is 5.38. The topological polar surface area (TPSA) is 82.8 Å². The van der Waals surface area contributed by atoms with E-state index in [-0.39, 0.29) is 12.5 Å². The quantitative estimate of drug-likeness (QED) is 0.725. The van der Waals surface area contributed by atoms with Crippen molar-refractivity contribution < 1.29 is 19.1 Å². The molecular weight excluding hydrogens is 236 g/mol. The number of urea groups is 1. The molecule has 6 nitrogen and oxygen atoms in total. The van der Waals surface area contributed by atoms with Gasteiger partial charge in [0.2, 0.25) is 0 Å². The predicted molar refractivity (Wildman–Crippen MR) is 65.1 cm³/mol. The summed E-state index contributed by atoms with van der Waals surface area (Å²) in [5.74, 6) is -0.807. The highest BCUT2D eigenvalue weighted by molar-refractivity contribution is 5.73. The molecule has 0 saturated carbocycles. The number of hydrogen-bond donors (Lipinski definition) is 2. The van der Waals surface area contributed by atoms with Crippen LogP contribution in [-0.4, -0.2) is 35.6 Å². The molecule has 0 spiro atoms. The molecule has 0 unspecified atom stereocenters. The average molecular weight is 254 g/mol. The summed E-state index contributed by atoms with van der Waals surface area (Å²) >= 11 is 0. The van der Waals surface area contributed by atoms with Crippen LogP contribution in [0.3, 0.4) is 0 Å². The number of carbonyl (C=O) groups excluding carboxylic acids is 1. The van der Waals surface area contributed by atoms with E-state index in [0.29, 0.717) is 25.9 Å². The van der Waals surface area contributed by atoms with Gasteiger partial charge in [-0.2, -0.15) is 0 Å². The van der Waals surface area contributed by atoms with Gasteiger partial charge in [-0.25, -0.2) is 4.79 Å². The Bertz CT molecular complexity index is 375. The normalized spacial score (nSPS) is 10.1. The third-order valence-electron chi connectivity index (χ3n) is 2.44. The van der Waals surface area contributed by atoms with Gasteiger partial charge in [-0.3, -0.25) is 4.79 Å². The highest BCUT2D eigenvalue weighted by Gasteiger charge is 2.08. The summed E-state index contributed by atoms with van der Waals surface area (Å²) in [6.45, 7) is 0.972. The van der Waals surface area contributed by atoms with Crippen molar-refractivity contribution in [2.24, 2.45) is 0 Å².